The second-order valence-electron chi connectivity index (χ2n) is 6.60. The minimum atomic E-state index is -0.0581. The summed E-state index contributed by atoms with van der Waals surface area (Å²) in [5.41, 5.74) is 1.69. The van der Waals surface area contributed by atoms with E-state index in [4.69, 9.17) is 4.52 Å². The summed E-state index contributed by atoms with van der Waals surface area (Å²) in [6, 6.07) is 7.82. The van der Waals surface area contributed by atoms with Crippen molar-refractivity contribution in [1.82, 2.24) is 20.8 Å². The maximum absolute atomic E-state index is 12.0. The third-order valence-corrected chi connectivity index (χ3v) is 4.80. The summed E-state index contributed by atoms with van der Waals surface area (Å²) < 4.78 is 5.49. The van der Waals surface area contributed by atoms with Crippen LogP contribution < -0.4 is 15.5 Å². The van der Waals surface area contributed by atoms with E-state index in [9.17, 15) is 4.79 Å². The van der Waals surface area contributed by atoms with Gasteiger partial charge in [-0.15, -0.1) is 0 Å². The molecule has 0 spiro atoms. The number of amides is 2. The predicted molar refractivity (Wildman–Crippen MR) is 94.3 cm³/mol. The molecule has 7 nitrogen and oxygen atoms in total. The summed E-state index contributed by atoms with van der Waals surface area (Å²) in [6.45, 7) is 2.45. The summed E-state index contributed by atoms with van der Waals surface area (Å²) in [5.74, 6) is 1.22. The van der Waals surface area contributed by atoms with E-state index in [2.05, 4.69) is 20.8 Å². The van der Waals surface area contributed by atoms with E-state index in [-0.39, 0.29) is 12.1 Å². The zero-order chi connectivity index (χ0) is 17.1. The number of aromatic nitrogens is 2. The minimum Gasteiger partial charge on any atom is -0.338 e. The van der Waals surface area contributed by atoms with Gasteiger partial charge in [0, 0.05) is 24.3 Å². The first kappa shape index (κ1) is 16.1. The number of rotatable bonds is 3. The molecule has 25 heavy (non-hydrogen) atoms. The van der Waals surface area contributed by atoms with E-state index < -0.39 is 0 Å². The number of nitrogens with zero attached hydrogens (tertiary/aromatic N) is 3. The van der Waals surface area contributed by atoms with Crippen LogP contribution in [0.2, 0.25) is 0 Å². The van der Waals surface area contributed by atoms with Gasteiger partial charge in [0.25, 0.3) is 5.89 Å². The third-order valence-electron chi connectivity index (χ3n) is 4.80. The fourth-order valence-electron chi connectivity index (χ4n) is 3.43. The van der Waals surface area contributed by atoms with E-state index in [0.717, 1.165) is 49.6 Å². The molecule has 2 fully saturated rings. The first-order valence-corrected chi connectivity index (χ1v) is 9.04. The number of hydrogen-bond donors (Lipinski definition) is 2. The number of nitrogens with one attached hydrogen (secondary N) is 2. The van der Waals surface area contributed by atoms with Crippen LogP contribution in [0.5, 0.6) is 0 Å². The zero-order valence-corrected chi connectivity index (χ0v) is 14.2. The average Bonchev–Trinajstić information content (AvgIpc) is 2.98. The fourth-order valence-corrected chi connectivity index (χ4v) is 3.43. The highest BCUT2D eigenvalue weighted by atomic mass is 16.5. The molecule has 2 amide bonds. The van der Waals surface area contributed by atoms with Crippen molar-refractivity contribution in [3.8, 4) is 11.5 Å². The van der Waals surface area contributed by atoms with Crippen molar-refractivity contribution in [3.05, 3.63) is 30.1 Å². The zero-order valence-electron chi connectivity index (χ0n) is 14.2. The van der Waals surface area contributed by atoms with E-state index in [1.165, 1.54) is 19.3 Å². The molecule has 1 unspecified atom stereocenters. The molecule has 1 aromatic carbocycles. The van der Waals surface area contributed by atoms with Gasteiger partial charge in [-0.1, -0.05) is 24.1 Å². The van der Waals surface area contributed by atoms with Gasteiger partial charge in [-0.25, -0.2) is 4.79 Å². The minimum absolute atomic E-state index is 0.0581. The first-order valence-electron chi connectivity index (χ1n) is 9.04. The number of anilines is 1. The van der Waals surface area contributed by atoms with Crippen LogP contribution >= 0.6 is 0 Å². The maximum atomic E-state index is 12.0. The highest BCUT2D eigenvalue weighted by molar-refractivity contribution is 5.93. The van der Waals surface area contributed by atoms with Gasteiger partial charge < -0.3 is 15.2 Å². The van der Waals surface area contributed by atoms with E-state index in [1.807, 2.05) is 24.3 Å². The van der Waals surface area contributed by atoms with Gasteiger partial charge in [0.15, 0.2) is 5.82 Å². The fraction of sp³-hybridized carbons (Fsp3) is 0.500. The van der Waals surface area contributed by atoms with Crippen LogP contribution in [0.1, 0.15) is 44.0 Å². The molecule has 2 aliphatic heterocycles. The quantitative estimate of drug-likeness (QED) is 0.897. The van der Waals surface area contributed by atoms with Gasteiger partial charge in [-0.2, -0.15) is 4.98 Å². The van der Waals surface area contributed by atoms with Crippen molar-refractivity contribution in [1.29, 1.82) is 0 Å². The molecule has 7 heteroatoms. The predicted octanol–water partition coefficient (Wildman–Crippen LogP) is 2.86. The highest BCUT2D eigenvalue weighted by Gasteiger charge is 2.22. The Labute approximate surface area is 146 Å². The summed E-state index contributed by atoms with van der Waals surface area (Å²) >= 11 is 0. The smallest absolute Gasteiger partial charge is 0.321 e. The van der Waals surface area contributed by atoms with Crippen LogP contribution in [0.4, 0.5) is 10.5 Å². The molecule has 4 rings (SSSR count). The Kier molecular flexibility index (Phi) is 4.65. The van der Waals surface area contributed by atoms with Gasteiger partial charge >= 0.3 is 6.03 Å². The van der Waals surface area contributed by atoms with Gasteiger partial charge in [-0.05, 0) is 44.0 Å². The Hall–Kier alpha value is -2.41. The lowest BCUT2D eigenvalue weighted by Crippen LogP contribution is -2.46. The molecule has 1 atom stereocenters. The number of carbonyl (C=O) groups is 1. The van der Waals surface area contributed by atoms with Crippen molar-refractivity contribution in [3.63, 3.8) is 0 Å². The lowest BCUT2D eigenvalue weighted by Gasteiger charge is -2.27. The number of benzene rings is 1. The SMILES string of the molecule is O=C1NCCCN1c1cccc(-c2nc(C3CCCCCN3)no2)c1. The molecule has 3 heterocycles. The Bertz CT molecular complexity index is 737. The lowest BCUT2D eigenvalue weighted by molar-refractivity contribution is 0.243. The highest BCUT2D eigenvalue weighted by Crippen LogP contribution is 2.27. The topological polar surface area (TPSA) is 83.3 Å². The van der Waals surface area contributed by atoms with Crippen molar-refractivity contribution >= 4 is 11.7 Å². The Morgan fingerprint density at radius 2 is 2.12 bits per heavy atom. The number of hydrogen-bond acceptors (Lipinski definition) is 5. The average molecular weight is 341 g/mol. The van der Waals surface area contributed by atoms with Crippen LogP contribution in [0, 0.1) is 0 Å². The first-order chi connectivity index (χ1) is 12.3. The van der Waals surface area contributed by atoms with Gasteiger partial charge in [0.1, 0.15) is 0 Å². The van der Waals surface area contributed by atoms with Gasteiger partial charge in [0.2, 0.25) is 0 Å². The van der Waals surface area contributed by atoms with E-state index >= 15 is 0 Å². The molecule has 0 aliphatic carbocycles. The van der Waals surface area contributed by atoms with Crippen LogP contribution in [-0.4, -0.2) is 35.8 Å². The van der Waals surface area contributed by atoms with Crippen molar-refractivity contribution in [2.24, 2.45) is 0 Å². The maximum Gasteiger partial charge on any atom is 0.321 e. The van der Waals surface area contributed by atoms with Crippen LogP contribution in [0.25, 0.3) is 11.5 Å². The van der Waals surface area contributed by atoms with Crippen LogP contribution in [0.15, 0.2) is 28.8 Å². The monoisotopic (exact) mass is 341 g/mol. The normalized spacial score (nSPS) is 21.7. The molecule has 0 radical (unpaired) electrons. The molecule has 0 bridgehead atoms. The molecule has 2 aromatic rings. The summed E-state index contributed by atoms with van der Waals surface area (Å²) in [6.07, 6.45) is 5.59. The second-order valence-corrected chi connectivity index (χ2v) is 6.60. The Balaban J connectivity index is 1.56. The van der Waals surface area contributed by atoms with Gasteiger partial charge in [0.05, 0.1) is 6.04 Å². The number of urea groups is 1. The number of carbonyl (C=O) groups excluding carboxylic acids is 1. The summed E-state index contributed by atoms with van der Waals surface area (Å²) in [5, 5.41) is 10.5. The van der Waals surface area contributed by atoms with Crippen LogP contribution in [-0.2, 0) is 0 Å². The Morgan fingerprint density at radius 1 is 1.16 bits per heavy atom. The largest absolute Gasteiger partial charge is 0.338 e. The summed E-state index contributed by atoms with van der Waals surface area (Å²) in [7, 11) is 0. The molecular formula is C18H23N5O2. The van der Waals surface area contributed by atoms with E-state index in [0.29, 0.717) is 5.89 Å². The van der Waals surface area contributed by atoms with Crippen molar-refractivity contribution in [2.45, 2.75) is 38.1 Å². The molecule has 2 aliphatic rings. The molecule has 0 saturated carbocycles. The third kappa shape index (κ3) is 3.51. The van der Waals surface area contributed by atoms with Crippen molar-refractivity contribution < 1.29 is 9.32 Å². The standard InChI is InChI=1S/C18H23N5O2/c24-18-20-10-5-11-23(18)14-7-4-6-13(12-14)17-21-16(22-25-17)15-8-2-1-3-9-19-15/h4,6-7,12,15,19H,1-3,5,8-11H2,(H,20,24). The van der Waals surface area contributed by atoms with Crippen molar-refractivity contribution in [2.75, 3.05) is 24.5 Å². The van der Waals surface area contributed by atoms with E-state index in [1.54, 1.807) is 4.90 Å². The molecular weight excluding hydrogens is 318 g/mol. The van der Waals surface area contributed by atoms with Gasteiger partial charge in [-0.3, -0.25) is 4.90 Å². The lowest BCUT2D eigenvalue weighted by atomic mass is 10.1. The molecule has 2 saturated heterocycles. The molecule has 2 N–H and O–H groups in total. The Morgan fingerprint density at radius 3 is 3.04 bits per heavy atom. The molecule has 1 aromatic heterocycles. The molecule has 132 valence electrons. The summed E-state index contributed by atoms with van der Waals surface area (Å²) in [4.78, 5) is 18.4. The second kappa shape index (κ2) is 7.23. The van der Waals surface area contributed by atoms with Crippen LogP contribution in [0.3, 0.4) is 0 Å².